The first-order valence-electron chi connectivity index (χ1n) is 7.09. The van der Waals surface area contributed by atoms with Crippen molar-refractivity contribution in [3.05, 3.63) is 11.1 Å². The Hall–Kier alpha value is -1.08. The lowest BCUT2D eigenvalue weighted by Crippen LogP contribution is -2.43. The van der Waals surface area contributed by atoms with Gasteiger partial charge in [-0.25, -0.2) is 4.98 Å². The fraction of sp³-hybridized carbons (Fsp3) is 0.643. The Balaban J connectivity index is 1.82. The molecule has 0 spiro atoms. The number of hydrogen-bond acceptors (Lipinski definition) is 6. The van der Waals surface area contributed by atoms with Gasteiger partial charge in [-0.15, -0.1) is 11.3 Å². The quantitative estimate of drug-likeness (QED) is 0.613. The number of ether oxygens (including phenoxy) is 1. The van der Waals surface area contributed by atoms with Crippen molar-refractivity contribution < 1.29 is 14.3 Å². The minimum Gasteiger partial charge on any atom is -0.466 e. The first-order chi connectivity index (χ1) is 10.1. The minimum atomic E-state index is -0.182. The molecule has 0 aliphatic carbocycles. The zero-order chi connectivity index (χ0) is 15.2. The van der Waals surface area contributed by atoms with Crippen LogP contribution in [0.25, 0.3) is 0 Å². The molecule has 2 rings (SSSR count). The van der Waals surface area contributed by atoms with Gasteiger partial charge in [-0.05, 0) is 26.7 Å². The lowest BCUT2D eigenvalue weighted by molar-refractivity contribution is -0.151. The third-order valence-corrected chi connectivity index (χ3v) is 5.43. The predicted molar refractivity (Wildman–Crippen MR) is 83.5 cm³/mol. The minimum absolute atomic E-state index is 0.0712. The summed E-state index contributed by atoms with van der Waals surface area (Å²) in [6.07, 6.45) is 1.66. The van der Waals surface area contributed by atoms with Gasteiger partial charge in [0.2, 0.25) is 5.91 Å². The number of carbonyl (C=O) groups excluding carboxylic acids is 2. The number of likely N-dealkylation sites (tertiary alicyclic amines) is 1. The van der Waals surface area contributed by atoms with Gasteiger partial charge >= 0.3 is 5.97 Å². The SMILES string of the molecule is CCOC(=O)C1CCCN(C(=O)CSc2nc(C)cs2)C1. The van der Waals surface area contributed by atoms with Crippen molar-refractivity contribution in [3.63, 3.8) is 0 Å². The van der Waals surface area contributed by atoms with Crippen molar-refractivity contribution in [2.24, 2.45) is 5.92 Å². The van der Waals surface area contributed by atoms with Crippen molar-refractivity contribution >= 4 is 35.0 Å². The lowest BCUT2D eigenvalue weighted by atomic mass is 9.98. The number of aromatic nitrogens is 1. The van der Waals surface area contributed by atoms with Crippen molar-refractivity contribution in [1.82, 2.24) is 9.88 Å². The molecule has 1 atom stereocenters. The number of amides is 1. The summed E-state index contributed by atoms with van der Waals surface area (Å²) in [7, 11) is 0. The van der Waals surface area contributed by atoms with Gasteiger partial charge in [-0.2, -0.15) is 0 Å². The Labute approximate surface area is 133 Å². The van der Waals surface area contributed by atoms with Crippen molar-refractivity contribution in [2.75, 3.05) is 25.4 Å². The van der Waals surface area contributed by atoms with Crippen LogP contribution in [0.3, 0.4) is 0 Å². The van der Waals surface area contributed by atoms with Crippen LogP contribution in [-0.2, 0) is 14.3 Å². The van der Waals surface area contributed by atoms with Crippen LogP contribution in [0.4, 0.5) is 0 Å². The van der Waals surface area contributed by atoms with Crippen LogP contribution in [0.2, 0.25) is 0 Å². The molecule has 2 heterocycles. The number of rotatable bonds is 5. The van der Waals surface area contributed by atoms with E-state index in [9.17, 15) is 9.59 Å². The Morgan fingerprint density at radius 3 is 3.05 bits per heavy atom. The van der Waals surface area contributed by atoms with Gasteiger partial charge in [0.1, 0.15) is 0 Å². The molecule has 5 nitrogen and oxygen atoms in total. The second kappa shape index (κ2) is 7.79. The number of thioether (sulfide) groups is 1. The maximum absolute atomic E-state index is 12.2. The molecule has 1 saturated heterocycles. The van der Waals surface area contributed by atoms with Gasteiger partial charge in [0.05, 0.1) is 18.3 Å². The highest BCUT2D eigenvalue weighted by Crippen LogP contribution is 2.24. The van der Waals surface area contributed by atoms with Gasteiger partial charge in [0, 0.05) is 24.2 Å². The van der Waals surface area contributed by atoms with Gasteiger partial charge < -0.3 is 9.64 Å². The molecule has 1 aliphatic heterocycles. The number of carbonyl (C=O) groups is 2. The fourth-order valence-corrected chi connectivity index (χ4v) is 4.02. The number of thiazole rings is 1. The van der Waals surface area contributed by atoms with Crippen LogP contribution in [0.15, 0.2) is 9.72 Å². The molecule has 1 aromatic heterocycles. The van der Waals surface area contributed by atoms with Crippen LogP contribution >= 0.6 is 23.1 Å². The maximum Gasteiger partial charge on any atom is 0.310 e. The monoisotopic (exact) mass is 328 g/mol. The van der Waals surface area contributed by atoms with E-state index in [4.69, 9.17) is 4.74 Å². The number of hydrogen-bond donors (Lipinski definition) is 0. The Bertz CT molecular complexity index is 504. The fourth-order valence-electron chi connectivity index (χ4n) is 2.27. The molecule has 0 radical (unpaired) electrons. The van der Waals surface area contributed by atoms with Crippen LogP contribution in [0.5, 0.6) is 0 Å². The van der Waals surface area contributed by atoms with Crippen LogP contribution < -0.4 is 0 Å². The summed E-state index contributed by atoms with van der Waals surface area (Å²) in [5.74, 6) is 0.0949. The number of piperidine rings is 1. The van der Waals surface area contributed by atoms with E-state index >= 15 is 0 Å². The summed E-state index contributed by atoms with van der Waals surface area (Å²) in [6.45, 7) is 5.34. The summed E-state index contributed by atoms with van der Waals surface area (Å²) < 4.78 is 5.97. The molecule has 116 valence electrons. The van der Waals surface area contributed by atoms with Crippen molar-refractivity contribution in [2.45, 2.75) is 31.0 Å². The molecular weight excluding hydrogens is 308 g/mol. The molecular formula is C14H20N2O3S2. The van der Waals surface area contributed by atoms with Gasteiger partial charge in [-0.1, -0.05) is 11.8 Å². The number of nitrogens with zero attached hydrogens (tertiary/aromatic N) is 2. The highest BCUT2D eigenvalue weighted by molar-refractivity contribution is 8.01. The van der Waals surface area contributed by atoms with E-state index in [0.717, 1.165) is 29.4 Å². The third kappa shape index (κ3) is 4.71. The van der Waals surface area contributed by atoms with Crippen molar-refractivity contribution in [1.29, 1.82) is 0 Å². The first kappa shape index (κ1) is 16.3. The number of esters is 1. The molecule has 1 fully saturated rings. The van der Waals surface area contributed by atoms with Crippen LogP contribution in [-0.4, -0.2) is 47.2 Å². The second-order valence-electron chi connectivity index (χ2n) is 4.97. The smallest absolute Gasteiger partial charge is 0.310 e. The largest absolute Gasteiger partial charge is 0.466 e. The highest BCUT2D eigenvalue weighted by atomic mass is 32.2. The van der Waals surface area contributed by atoms with Gasteiger partial charge in [-0.3, -0.25) is 9.59 Å². The third-order valence-electron chi connectivity index (χ3n) is 3.31. The zero-order valence-corrected chi connectivity index (χ0v) is 14.0. The lowest BCUT2D eigenvalue weighted by Gasteiger charge is -2.31. The summed E-state index contributed by atoms with van der Waals surface area (Å²) in [4.78, 5) is 30.1. The van der Waals surface area contributed by atoms with Crippen molar-refractivity contribution in [3.8, 4) is 0 Å². The molecule has 0 saturated carbocycles. The van der Waals surface area contributed by atoms with Crippen LogP contribution in [0.1, 0.15) is 25.5 Å². The Kier molecular flexibility index (Phi) is 6.05. The first-order valence-corrected chi connectivity index (χ1v) is 8.96. The van der Waals surface area contributed by atoms with E-state index in [0.29, 0.717) is 18.9 Å². The average molecular weight is 328 g/mol. The zero-order valence-electron chi connectivity index (χ0n) is 12.3. The molecule has 21 heavy (non-hydrogen) atoms. The van der Waals surface area contributed by atoms with E-state index in [1.54, 1.807) is 23.2 Å². The average Bonchev–Trinajstić information content (AvgIpc) is 2.91. The summed E-state index contributed by atoms with van der Waals surface area (Å²) >= 11 is 3.02. The molecule has 1 aromatic rings. The highest BCUT2D eigenvalue weighted by Gasteiger charge is 2.29. The molecule has 0 aromatic carbocycles. The molecule has 0 N–H and O–H groups in total. The topological polar surface area (TPSA) is 59.5 Å². The van der Waals surface area contributed by atoms with E-state index in [1.165, 1.54) is 11.8 Å². The summed E-state index contributed by atoms with van der Waals surface area (Å²) in [5, 5.41) is 1.98. The normalized spacial score (nSPS) is 18.6. The predicted octanol–water partition coefficient (Wildman–Crippen LogP) is 2.35. The van der Waals surface area contributed by atoms with E-state index in [2.05, 4.69) is 4.98 Å². The van der Waals surface area contributed by atoms with E-state index in [-0.39, 0.29) is 17.8 Å². The molecule has 1 amide bonds. The molecule has 7 heteroatoms. The van der Waals surface area contributed by atoms with Gasteiger partial charge in [0.15, 0.2) is 4.34 Å². The van der Waals surface area contributed by atoms with Crippen LogP contribution in [0, 0.1) is 12.8 Å². The maximum atomic E-state index is 12.2. The summed E-state index contributed by atoms with van der Waals surface area (Å²) in [6, 6.07) is 0. The Morgan fingerprint density at radius 2 is 2.38 bits per heavy atom. The molecule has 1 aliphatic rings. The van der Waals surface area contributed by atoms with Gasteiger partial charge in [0.25, 0.3) is 0 Å². The number of aryl methyl sites for hydroxylation is 1. The Morgan fingerprint density at radius 1 is 1.57 bits per heavy atom. The summed E-state index contributed by atoms with van der Waals surface area (Å²) in [5.41, 5.74) is 0.982. The second-order valence-corrected chi connectivity index (χ2v) is 7.05. The van der Waals surface area contributed by atoms with E-state index in [1.807, 2.05) is 12.3 Å². The van der Waals surface area contributed by atoms with E-state index < -0.39 is 0 Å². The molecule has 1 unspecified atom stereocenters. The molecule has 0 bridgehead atoms. The standard InChI is InChI=1S/C14H20N2O3S2/c1-3-19-13(18)11-5-4-6-16(7-11)12(17)9-21-14-15-10(2)8-20-14/h8,11H,3-7,9H2,1-2H3.